The van der Waals surface area contributed by atoms with Crippen LogP contribution in [0.1, 0.15) is 82.1 Å². The molecular weight excluding hydrogens is 745 g/mol. The molecule has 2 saturated heterocycles. The molecule has 0 amide bonds. The van der Waals surface area contributed by atoms with Crippen LogP contribution in [0.3, 0.4) is 0 Å². The van der Waals surface area contributed by atoms with E-state index in [-0.39, 0.29) is 41.5 Å². The zero-order chi connectivity index (χ0) is 41.4. The number of aldehydes is 1. The van der Waals surface area contributed by atoms with Crippen LogP contribution in [0.4, 0.5) is 0 Å². The Morgan fingerprint density at radius 1 is 0.759 bits per heavy atom. The minimum absolute atomic E-state index is 0.0119. The summed E-state index contributed by atoms with van der Waals surface area (Å²) in [7, 11) is 1.20. The molecule has 9 heteroatoms. The van der Waals surface area contributed by atoms with Crippen molar-refractivity contribution in [2.75, 3.05) is 20.8 Å². The van der Waals surface area contributed by atoms with Gasteiger partial charge >= 0.3 is 0 Å². The molecule has 0 radical (unpaired) electrons. The Kier molecular flexibility index (Phi) is 14.5. The number of methoxy groups -OCH3 is 2. The van der Waals surface area contributed by atoms with Gasteiger partial charge in [0.25, 0.3) is 0 Å². The molecule has 2 fully saturated rings. The molecule has 4 aromatic rings. The van der Waals surface area contributed by atoms with Crippen molar-refractivity contribution >= 4 is 14.6 Å². The fourth-order valence-electron chi connectivity index (χ4n) is 8.26. The fourth-order valence-corrected chi connectivity index (χ4v) is 9.62. The average Bonchev–Trinajstić information content (AvgIpc) is 3.22. The molecule has 312 valence electrons. The smallest absolute Gasteiger partial charge is 0.192 e. The molecular formula is C49H64O8Si. The first-order valence-corrected chi connectivity index (χ1v) is 23.8. The summed E-state index contributed by atoms with van der Waals surface area (Å²) in [6.45, 7) is 14.0. The number of carbonyl (C=O) groups excluding carboxylic acids is 1. The molecule has 1 spiro atoms. The van der Waals surface area contributed by atoms with E-state index in [9.17, 15) is 4.79 Å². The van der Waals surface area contributed by atoms with E-state index in [0.717, 1.165) is 34.3 Å². The highest BCUT2D eigenvalue weighted by Crippen LogP contribution is 2.47. The second-order valence-corrected chi connectivity index (χ2v) is 22.4. The molecule has 0 saturated carbocycles. The topological polar surface area (TPSA) is 81.7 Å². The lowest BCUT2D eigenvalue weighted by molar-refractivity contribution is -0.346. The number of rotatable bonds is 17. The van der Waals surface area contributed by atoms with Gasteiger partial charge in [-0.15, -0.1) is 0 Å². The maximum Gasteiger partial charge on any atom is 0.192 e. The Balaban J connectivity index is 1.31. The number of hydrogen-bond acceptors (Lipinski definition) is 8. The van der Waals surface area contributed by atoms with Crippen LogP contribution >= 0.6 is 0 Å². The first-order valence-electron chi connectivity index (χ1n) is 20.9. The lowest BCUT2D eigenvalue weighted by atomic mass is 9.80. The van der Waals surface area contributed by atoms with Crippen LogP contribution in [0.25, 0.3) is 0 Å². The van der Waals surface area contributed by atoms with Crippen molar-refractivity contribution in [2.45, 2.75) is 126 Å². The van der Waals surface area contributed by atoms with E-state index in [0.29, 0.717) is 45.3 Å². The number of benzene rings is 4. The Morgan fingerprint density at radius 3 is 1.78 bits per heavy atom. The number of hydrogen-bond donors (Lipinski definition) is 0. The molecule has 0 aromatic heterocycles. The third-order valence-electron chi connectivity index (χ3n) is 12.4. The quantitative estimate of drug-likeness (QED) is 0.0593. The van der Waals surface area contributed by atoms with Crippen LogP contribution in [-0.4, -0.2) is 71.7 Å². The zero-order valence-electron chi connectivity index (χ0n) is 35.7. The highest BCUT2D eigenvalue weighted by atomic mass is 28.4. The Bertz CT molecular complexity index is 1750. The van der Waals surface area contributed by atoms with E-state index in [1.165, 1.54) is 0 Å². The molecule has 0 aliphatic carbocycles. The Labute approximate surface area is 347 Å². The van der Waals surface area contributed by atoms with Crippen LogP contribution in [0.5, 0.6) is 5.75 Å². The predicted molar refractivity (Wildman–Crippen MR) is 230 cm³/mol. The van der Waals surface area contributed by atoms with Crippen LogP contribution in [0.15, 0.2) is 115 Å². The van der Waals surface area contributed by atoms with Gasteiger partial charge in [0.2, 0.25) is 0 Å². The van der Waals surface area contributed by atoms with Crippen molar-refractivity contribution in [2.24, 2.45) is 5.92 Å². The number of ether oxygens (including phenoxy) is 6. The minimum Gasteiger partial charge on any atom is -0.497 e. The van der Waals surface area contributed by atoms with Gasteiger partial charge < -0.3 is 37.6 Å². The van der Waals surface area contributed by atoms with Crippen LogP contribution in [0, 0.1) is 5.92 Å². The van der Waals surface area contributed by atoms with Crippen molar-refractivity contribution < 1.29 is 37.6 Å². The highest BCUT2D eigenvalue weighted by Gasteiger charge is 2.52. The third-order valence-corrected chi connectivity index (χ3v) is 17.0. The molecule has 58 heavy (non-hydrogen) atoms. The van der Waals surface area contributed by atoms with Crippen molar-refractivity contribution in [3.8, 4) is 5.75 Å². The van der Waals surface area contributed by atoms with Crippen LogP contribution in [-0.2, 0) is 45.1 Å². The second kappa shape index (κ2) is 19.1. The summed E-state index contributed by atoms with van der Waals surface area (Å²) in [5.74, 6) is -0.556. The first-order chi connectivity index (χ1) is 27.8. The molecule has 0 N–H and O–H groups in total. The van der Waals surface area contributed by atoms with E-state index in [2.05, 4.69) is 107 Å². The van der Waals surface area contributed by atoms with E-state index in [1.54, 1.807) is 14.2 Å². The predicted octanol–water partition coefficient (Wildman–Crippen LogP) is 10.3. The van der Waals surface area contributed by atoms with Crippen molar-refractivity contribution in [3.63, 3.8) is 0 Å². The molecule has 7 atom stereocenters. The fraction of sp³-hybridized carbons (Fsp3) is 0.490. The molecule has 0 unspecified atom stereocenters. The molecule has 0 bridgehead atoms. The normalized spacial score (nSPS) is 23.9. The van der Waals surface area contributed by atoms with E-state index < -0.39 is 19.7 Å². The van der Waals surface area contributed by atoms with E-state index >= 15 is 0 Å². The summed E-state index contributed by atoms with van der Waals surface area (Å²) in [6, 6.07) is 39.1. The SMILES string of the molecule is COc1ccc(CO[C@H](C[C@@H]2C[C@H](OC)C[C@@]3(C[C@@H](O[Si](C)(C)C(C)(C)C)C[C@H](COC(c4ccccc4)(c4ccccc4)c4ccccc4)O3)O2)[C@@H](C)C=O)cc1. The first kappa shape index (κ1) is 43.9. The lowest BCUT2D eigenvalue weighted by Gasteiger charge is -2.52. The summed E-state index contributed by atoms with van der Waals surface area (Å²) in [6.07, 6.45) is 2.64. The summed E-state index contributed by atoms with van der Waals surface area (Å²) in [5.41, 5.74) is 3.19. The Morgan fingerprint density at radius 2 is 1.28 bits per heavy atom. The minimum atomic E-state index is -2.21. The van der Waals surface area contributed by atoms with Gasteiger partial charge in [-0.2, -0.15) is 0 Å². The van der Waals surface area contributed by atoms with Gasteiger partial charge in [-0.1, -0.05) is 131 Å². The summed E-state index contributed by atoms with van der Waals surface area (Å²) >= 11 is 0. The van der Waals surface area contributed by atoms with Gasteiger partial charge in [0.15, 0.2) is 14.1 Å². The van der Waals surface area contributed by atoms with Crippen LogP contribution < -0.4 is 4.74 Å². The maximum atomic E-state index is 12.2. The maximum absolute atomic E-state index is 12.2. The van der Waals surface area contributed by atoms with Gasteiger partial charge in [0, 0.05) is 45.1 Å². The molecule has 2 aliphatic heterocycles. The van der Waals surface area contributed by atoms with Gasteiger partial charge in [0.1, 0.15) is 17.6 Å². The van der Waals surface area contributed by atoms with E-state index in [1.807, 2.05) is 49.4 Å². The molecule has 6 rings (SSSR count). The second-order valence-electron chi connectivity index (χ2n) is 17.6. The van der Waals surface area contributed by atoms with Crippen molar-refractivity contribution in [1.82, 2.24) is 0 Å². The summed E-state index contributed by atoms with van der Waals surface area (Å²) in [4.78, 5) is 12.2. The van der Waals surface area contributed by atoms with Gasteiger partial charge in [0.05, 0.1) is 50.8 Å². The van der Waals surface area contributed by atoms with Gasteiger partial charge in [-0.25, -0.2) is 0 Å². The molecule has 8 nitrogen and oxygen atoms in total. The summed E-state index contributed by atoms with van der Waals surface area (Å²) in [5, 5.41) is 0.0119. The molecule has 2 aliphatic rings. The van der Waals surface area contributed by atoms with Crippen molar-refractivity contribution in [3.05, 3.63) is 138 Å². The summed E-state index contributed by atoms with van der Waals surface area (Å²) < 4.78 is 46.9. The van der Waals surface area contributed by atoms with Gasteiger partial charge in [-0.05, 0) is 52.5 Å². The van der Waals surface area contributed by atoms with Crippen molar-refractivity contribution in [1.29, 1.82) is 0 Å². The number of carbonyl (C=O) groups is 1. The van der Waals surface area contributed by atoms with E-state index in [4.69, 9.17) is 32.8 Å². The average molecular weight is 809 g/mol. The lowest BCUT2D eigenvalue weighted by Crippen LogP contribution is -2.58. The molecule has 4 aromatic carbocycles. The Hall–Kier alpha value is -3.67. The molecule has 2 heterocycles. The zero-order valence-corrected chi connectivity index (χ0v) is 36.7. The largest absolute Gasteiger partial charge is 0.497 e. The highest BCUT2D eigenvalue weighted by molar-refractivity contribution is 6.74. The van der Waals surface area contributed by atoms with Crippen LogP contribution in [0.2, 0.25) is 18.1 Å². The standard InChI is InChI=1S/C49H64O8Si/c1-36(33-50)46(53-34-37-24-26-41(51-5)27-25-37)30-42-28-43(52-6)31-48(55-42)32-44(57-58(7,8)47(2,3)4)29-45(56-48)35-54-49(38-18-12-9-13-19-38,39-20-14-10-15-21-39)40-22-16-11-17-23-40/h9-27,33,36,42-46H,28-32,34-35H2,1-8H3/t36-,42-,43-,44-,45+,46+,48+/m0/s1. The van der Waals surface area contributed by atoms with Gasteiger partial charge in [-0.3, -0.25) is 0 Å². The third kappa shape index (κ3) is 10.4. The monoisotopic (exact) mass is 808 g/mol.